The van der Waals surface area contributed by atoms with Gasteiger partial charge in [0.1, 0.15) is 0 Å². The van der Waals surface area contributed by atoms with E-state index in [1.807, 2.05) is 24.4 Å². The topological polar surface area (TPSA) is 33.2 Å². The smallest absolute Gasteiger partial charge is 0.192 e. The summed E-state index contributed by atoms with van der Waals surface area (Å²) in [6, 6.07) is 0. The number of carbonyl (C=O) groups excluding carboxylic acids is 1. The second-order valence-electron chi connectivity index (χ2n) is 2.81. The minimum absolute atomic E-state index is 0. The van der Waals surface area contributed by atoms with Gasteiger partial charge in [-0.3, -0.25) is 4.79 Å². The summed E-state index contributed by atoms with van der Waals surface area (Å²) >= 11 is 1.40. The maximum Gasteiger partial charge on any atom is 0.192 e. The number of halogens is 1. The van der Waals surface area contributed by atoms with Crippen molar-refractivity contribution >= 4 is 29.5 Å². The lowest BCUT2D eigenvalue weighted by molar-refractivity contribution is 0.0972. The largest absolute Gasteiger partial charge is 0.309 e. The summed E-state index contributed by atoms with van der Waals surface area (Å²) in [5.41, 5.74) is 0. The Hall–Kier alpha value is -0.450. The Labute approximate surface area is 88.2 Å². The molecule has 0 saturated carbocycles. The van der Waals surface area contributed by atoms with E-state index < -0.39 is 0 Å². The van der Waals surface area contributed by atoms with Gasteiger partial charge in [-0.05, 0) is 14.1 Å². The van der Waals surface area contributed by atoms with Crippen LogP contribution in [0.2, 0.25) is 0 Å². The van der Waals surface area contributed by atoms with E-state index in [0.29, 0.717) is 11.4 Å². The van der Waals surface area contributed by atoms with Crippen molar-refractivity contribution in [2.24, 2.45) is 0 Å². The second-order valence-corrected chi connectivity index (χ2v) is 3.71. The van der Waals surface area contributed by atoms with Crippen molar-refractivity contribution in [3.63, 3.8) is 0 Å². The van der Waals surface area contributed by atoms with Gasteiger partial charge in [0.15, 0.2) is 10.8 Å². The fraction of sp³-hybridized carbons (Fsp3) is 0.500. The minimum Gasteiger partial charge on any atom is -0.309 e. The minimum atomic E-state index is 0. The van der Waals surface area contributed by atoms with Crippen LogP contribution in [0.1, 0.15) is 16.2 Å². The fourth-order valence-corrected chi connectivity index (χ4v) is 1.40. The first-order chi connectivity index (χ1) is 5.70. The average molecular weight is 221 g/mol. The molecule has 0 fully saturated rings. The molecule has 0 atom stereocenters. The zero-order valence-corrected chi connectivity index (χ0v) is 9.32. The van der Waals surface area contributed by atoms with E-state index in [2.05, 4.69) is 4.98 Å². The molecule has 0 saturated heterocycles. The first kappa shape index (κ1) is 12.6. The molecule has 1 heterocycles. The Morgan fingerprint density at radius 3 is 2.77 bits per heavy atom. The van der Waals surface area contributed by atoms with Crippen LogP contribution >= 0.6 is 23.7 Å². The molecule has 0 aliphatic rings. The standard InChI is InChI=1S/C8H12N2OS.ClH/c1-10(2)5-3-7(11)8-9-4-6-12-8;/h4,6H,3,5H2,1-2H3;1H. The van der Waals surface area contributed by atoms with Crippen LogP contribution in [0.3, 0.4) is 0 Å². The van der Waals surface area contributed by atoms with Gasteiger partial charge in [0.2, 0.25) is 0 Å². The Morgan fingerprint density at radius 2 is 2.31 bits per heavy atom. The van der Waals surface area contributed by atoms with Crippen LogP contribution in [0.25, 0.3) is 0 Å². The normalized spacial score (nSPS) is 9.77. The predicted octanol–water partition coefficient (Wildman–Crippen LogP) is 1.70. The Bertz CT molecular complexity index is 249. The number of hydrogen-bond donors (Lipinski definition) is 0. The summed E-state index contributed by atoms with van der Waals surface area (Å²) in [7, 11) is 3.91. The second kappa shape index (κ2) is 6.07. The highest BCUT2D eigenvalue weighted by atomic mass is 35.5. The fourth-order valence-electron chi connectivity index (χ4n) is 0.793. The van der Waals surface area contributed by atoms with E-state index in [0.717, 1.165) is 6.54 Å². The summed E-state index contributed by atoms with van der Waals surface area (Å²) in [6.07, 6.45) is 2.22. The van der Waals surface area contributed by atoms with E-state index in [-0.39, 0.29) is 18.2 Å². The number of Topliss-reactive ketones (excluding diaryl/α,β-unsaturated/α-hetero) is 1. The summed E-state index contributed by atoms with van der Waals surface area (Å²) < 4.78 is 0. The van der Waals surface area contributed by atoms with E-state index in [1.165, 1.54) is 11.3 Å². The zero-order chi connectivity index (χ0) is 8.97. The van der Waals surface area contributed by atoms with Crippen LogP contribution in [0.5, 0.6) is 0 Å². The summed E-state index contributed by atoms with van der Waals surface area (Å²) in [5, 5.41) is 2.44. The Balaban J connectivity index is 0.00000144. The van der Waals surface area contributed by atoms with E-state index in [1.54, 1.807) is 6.20 Å². The first-order valence-electron chi connectivity index (χ1n) is 3.77. The van der Waals surface area contributed by atoms with Crippen molar-refractivity contribution in [1.29, 1.82) is 0 Å². The highest BCUT2D eigenvalue weighted by molar-refractivity contribution is 7.11. The maximum absolute atomic E-state index is 11.3. The SMILES string of the molecule is CN(C)CCC(=O)c1nccs1.Cl. The molecule has 0 N–H and O–H groups in total. The third-order valence-electron chi connectivity index (χ3n) is 1.46. The van der Waals surface area contributed by atoms with Gasteiger partial charge in [0.05, 0.1) is 0 Å². The molecule has 3 nitrogen and oxygen atoms in total. The number of nitrogens with zero attached hydrogens (tertiary/aromatic N) is 2. The van der Waals surface area contributed by atoms with E-state index >= 15 is 0 Å². The van der Waals surface area contributed by atoms with Crippen molar-refractivity contribution in [3.05, 3.63) is 16.6 Å². The van der Waals surface area contributed by atoms with Crippen LogP contribution in [0.4, 0.5) is 0 Å². The van der Waals surface area contributed by atoms with E-state index in [4.69, 9.17) is 0 Å². The lowest BCUT2D eigenvalue weighted by atomic mass is 10.3. The summed E-state index contributed by atoms with van der Waals surface area (Å²) in [6.45, 7) is 0.790. The molecule has 13 heavy (non-hydrogen) atoms. The van der Waals surface area contributed by atoms with Gasteiger partial charge in [-0.2, -0.15) is 0 Å². The number of carbonyl (C=O) groups is 1. The third kappa shape index (κ3) is 4.36. The maximum atomic E-state index is 11.3. The monoisotopic (exact) mass is 220 g/mol. The zero-order valence-electron chi connectivity index (χ0n) is 7.69. The van der Waals surface area contributed by atoms with Crippen LogP contribution < -0.4 is 0 Å². The van der Waals surface area contributed by atoms with Gasteiger partial charge in [0, 0.05) is 24.5 Å². The predicted molar refractivity (Wildman–Crippen MR) is 56.9 cm³/mol. The van der Waals surface area contributed by atoms with Crippen LogP contribution in [-0.2, 0) is 0 Å². The molecule has 5 heteroatoms. The molecule has 0 aliphatic heterocycles. The number of ketones is 1. The van der Waals surface area contributed by atoms with Crippen molar-refractivity contribution < 1.29 is 4.79 Å². The molecule has 1 rings (SSSR count). The molecule has 0 unspecified atom stereocenters. The van der Waals surface area contributed by atoms with Gasteiger partial charge in [-0.25, -0.2) is 4.98 Å². The Kier molecular flexibility index (Phi) is 5.86. The molecular formula is C8H13ClN2OS. The van der Waals surface area contributed by atoms with Crippen LogP contribution in [-0.4, -0.2) is 36.3 Å². The van der Waals surface area contributed by atoms with Crippen molar-refractivity contribution in [2.75, 3.05) is 20.6 Å². The van der Waals surface area contributed by atoms with Gasteiger partial charge < -0.3 is 4.90 Å². The molecule has 0 amide bonds. The molecule has 1 aromatic heterocycles. The number of thiazole rings is 1. The summed E-state index contributed by atoms with van der Waals surface area (Å²) in [4.78, 5) is 17.3. The number of aromatic nitrogens is 1. The van der Waals surface area contributed by atoms with Gasteiger partial charge in [-0.1, -0.05) is 0 Å². The molecule has 0 spiro atoms. The highest BCUT2D eigenvalue weighted by Gasteiger charge is 2.07. The molecule has 0 aromatic carbocycles. The van der Waals surface area contributed by atoms with Gasteiger partial charge in [-0.15, -0.1) is 23.7 Å². The molecule has 74 valence electrons. The molecule has 0 radical (unpaired) electrons. The highest BCUT2D eigenvalue weighted by Crippen LogP contribution is 2.06. The third-order valence-corrected chi connectivity index (χ3v) is 2.27. The van der Waals surface area contributed by atoms with Gasteiger partial charge in [0.25, 0.3) is 0 Å². The van der Waals surface area contributed by atoms with Crippen LogP contribution in [0, 0.1) is 0 Å². The average Bonchev–Trinajstić information content (AvgIpc) is 2.51. The van der Waals surface area contributed by atoms with Crippen molar-refractivity contribution in [1.82, 2.24) is 9.88 Å². The number of hydrogen-bond acceptors (Lipinski definition) is 4. The molecule has 1 aromatic rings. The van der Waals surface area contributed by atoms with E-state index in [9.17, 15) is 4.79 Å². The molecule has 0 bridgehead atoms. The first-order valence-corrected chi connectivity index (χ1v) is 4.65. The van der Waals surface area contributed by atoms with Crippen molar-refractivity contribution in [2.45, 2.75) is 6.42 Å². The quantitative estimate of drug-likeness (QED) is 0.725. The summed E-state index contributed by atoms with van der Waals surface area (Å²) in [5.74, 6) is 0.138. The number of rotatable bonds is 4. The lowest BCUT2D eigenvalue weighted by Gasteiger charge is -2.06. The Morgan fingerprint density at radius 1 is 1.62 bits per heavy atom. The lowest BCUT2D eigenvalue weighted by Crippen LogP contribution is -2.16. The van der Waals surface area contributed by atoms with Crippen molar-refractivity contribution in [3.8, 4) is 0 Å². The molecular weight excluding hydrogens is 208 g/mol. The van der Waals surface area contributed by atoms with Gasteiger partial charge >= 0.3 is 0 Å². The molecule has 0 aliphatic carbocycles. The van der Waals surface area contributed by atoms with Crippen LogP contribution in [0.15, 0.2) is 11.6 Å².